The van der Waals surface area contributed by atoms with Crippen LogP contribution in [-0.2, 0) is 14.8 Å². The number of carbonyl (C=O) groups is 2. The van der Waals surface area contributed by atoms with Crippen molar-refractivity contribution < 1.29 is 23.1 Å². The lowest BCUT2D eigenvalue weighted by Gasteiger charge is -2.21. The van der Waals surface area contributed by atoms with Crippen molar-refractivity contribution in [3.8, 4) is 0 Å². The number of nitrogens with one attached hydrogen (secondary N) is 1. The third-order valence-electron chi connectivity index (χ3n) is 5.68. The Bertz CT molecular complexity index is 861. The summed E-state index contributed by atoms with van der Waals surface area (Å²) in [5, 5.41) is 9.34. The van der Waals surface area contributed by atoms with Gasteiger partial charge in [0.15, 0.2) is 0 Å². The average molecular weight is 394 g/mol. The lowest BCUT2D eigenvalue weighted by molar-refractivity contribution is -0.147. The van der Waals surface area contributed by atoms with Crippen LogP contribution in [0.1, 0.15) is 54.9 Å². The van der Waals surface area contributed by atoms with E-state index in [4.69, 9.17) is 0 Å². The zero-order valence-corrected chi connectivity index (χ0v) is 16.5. The molecule has 7 nitrogen and oxygen atoms in total. The van der Waals surface area contributed by atoms with Gasteiger partial charge in [-0.25, -0.2) is 13.1 Å². The fraction of sp³-hybridized carbons (Fsp3) is 0.579. The Morgan fingerprint density at radius 1 is 1.26 bits per heavy atom. The molecule has 1 unspecified atom stereocenters. The van der Waals surface area contributed by atoms with E-state index < -0.39 is 21.4 Å². The molecule has 3 rings (SSSR count). The highest BCUT2D eigenvalue weighted by atomic mass is 32.2. The number of carbonyl (C=O) groups excluding carboxylic acids is 1. The van der Waals surface area contributed by atoms with E-state index in [0.717, 1.165) is 25.7 Å². The normalized spacial score (nSPS) is 23.7. The van der Waals surface area contributed by atoms with Crippen LogP contribution in [0.25, 0.3) is 0 Å². The molecule has 1 atom stereocenters. The molecule has 1 heterocycles. The SMILES string of the molecule is Cc1ccc(C(=O)N2CCC(C)(C(=O)O)C2)cc1S(=O)(=O)NC1CCCC1. The van der Waals surface area contributed by atoms with E-state index in [9.17, 15) is 23.1 Å². The molecule has 27 heavy (non-hydrogen) atoms. The lowest BCUT2D eigenvalue weighted by Crippen LogP contribution is -2.35. The molecular weight excluding hydrogens is 368 g/mol. The summed E-state index contributed by atoms with van der Waals surface area (Å²) in [7, 11) is -3.71. The predicted octanol–water partition coefficient (Wildman–Crippen LogP) is 2.15. The van der Waals surface area contributed by atoms with Crippen molar-refractivity contribution in [2.75, 3.05) is 13.1 Å². The number of hydrogen-bond donors (Lipinski definition) is 2. The van der Waals surface area contributed by atoms with Crippen molar-refractivity contribution in [2.45, 2.75) is 56.9 Å². The Morgan fingerprint density at radius 3 is 2.52 bits per heavy atom. The molecule has 1 aromatic rings. The minimum atomic E-state index is -3.71. The molecule has 2 aliphatic rings. The summed E-state index contributed by atoms with van der Waals surface area (Å²) in [5.41, 5.74) is -0.116. The summed E-state index contributed by atoms with van der Waals surface area (Å²) < 4.78 is 28.3. The molecule has 0 bridgehead atoms. The van der Waals surface area contributed by atoms with Gasteiger partial charge in [-0.1, -0.05) is 18.9 Å². The number of carboxylic acid groups (broad SMARTS) is 1. The topological polar surface area (TPSA) is 104 Å². The molecule has 1 aliphatic heterocycles. The first-order chi connectivity index (χ1) is 12.6. The highest BCUT2D eigenvalue weighted by Gasteiger charge is 2.42. The van der Waals surface area contributed by atoms with E-state index >= 15 is 0 Å². The van der Waals surface area contributed by atoms with Crippen LogP contribution in [0.5, 0.6) is 0 Å². The van der Waals surface area contributed by atoms with Gasteiger partial charge in [0, 0.05) is 24.7 Å². The minimum absolute atomic E-state index is 0.0522. The molecule has 1 aliphatic carbocycles. The average Bonchev–Trinajstić information content (AvgIpc) is 3.24. The van der Waals surface area contributed by atoms with Gasteiger partial charge in [0.1, 0.15) is 0 Å². The Balaban J connectivity index is 1.83. The molecule has 0 aromatic heterocycles. The van der Waals surface area contributed by atoms with Crippen LogP contribution in [0.4, 0.5) is 0 Å². The fourth-order valence-electron chi connectivity index (χ4n) is 3.84. The van der Waals surface area contributed by atoms with Crippen molar-refractivity contribution in [3.63, 3.8) is 0 Å². The van der Waals surface area contributed by atoms with Crippen LogP contribution in [0.15, 0.2) is 23.1 Å². The van der Waals surface area contributed by atoms with Crippen molar-refractivity contribution in [1.29, 1.82) is 0 Å². The highest BCUT2D eigenvalue weighted by molar-refractivity contribution is 7.89. The first-order valence-electron chi connectivity index (χ1n) is 9.28. The Kier molecular flexibility index (Phi) is 5.31. The van der Waals surface area contributed by atoms with E-state index in [0.29, 0.717) is 18.5 Å². The van der Waals surface area contributed by atoms with Crippen LogP contribution >= 0.6 is 0 Å². The maximum absolute atomic E-state index is 12.8. The summed E-state index contributed by atoms with van der Waals surface area (Å²) in [6, 6.07) is 4.58. The number of hydrogen-bond acceptors (Lipinski definition) is 4. The van der Waals surface area contributed by atoms with Crippen LogP contribution in [0.3, 0.4) is 0 Å². The lowest BCUT2D eigenvalue weighted by atomic mass is 9.90. The summed E-state index contributed by atoms with van der Waals surface area (Å²) in [5.74, 6) is -1.26. The fourth-order valence-corrected chi connectivity index (χ4v) is 5.42. The van der Waals surface area contributed by atoms with E-state index in [1.54, 1.807) is 26.0 Å². The van der Waals surface area contributed by atoms with E-state index in [1.807, 2.05) is 0 Å². The molecule has 8 heteroatoms. The maximum atomic E-state index is 12.8. The summed E-state index contributed by atoms with van der Waals surface area (Å²) in [6.07, 6.45) is 4.08. The van der Waals surface area contributed by atoms with Gasteiger partial charge in [-0.15, -0.1) is 0 Å². The summed E-state index contributed by atoms with van der Waals surface area (Å²) in [6.45, 7) is 3.79. The van der Waals surface area contributed by atoms with E-state index in [2.05, 4.69) is 4.72 Å². The number of rotatable bonds is 5. The number of aliphatic carboxylic acids is 1. The highest BCUT2D eigenvalue weighted by Crippen LogP contribution is 2.31. The number of aryl methyl sites for hydroxylation is 1. The molecule has 2 fully saturated rings. The zero-order chi connectivity index (χ0) is 19.8. The maximum Gasteiger partial charge on any atom is 0.311 e. The molecule has 1 aromatic carbocycles. The van der Waals surface area contributed by atoms with Gasteiger partial charge in [0.05, 0.1) is 10.3 Å². The number of benzene rings is 1. The first kappa shape index (κ1) is 19.8. The second kappa shape index (κ2) is 7.24. The van der Waals surface area contributed by atoms with Gasteiger partial charge < -0.3 is 10.0 Å². The molecule has 1 saturated carbocycles. The van der Waals surface area contributed by atoms with Crippen LogP contribution in [0.2, 0.25) is 0 Å². The second-order valence-corrected chi connectivity index (χ2v) is 9.61. The smallest absolute Gasteiger partial charge is 0.311 e. The number of carboxylic acids is 1. The number of nitrogens with zero attached hydrogens (tertiary/aromatic N) is 1. The van der Waals surface area contributed by atoms with Gasteiger partial charge >= 0.3 is 5.97 Å². The second-order valence-electron chi connectivity index (χ2n) is 7.93. The Hall–Kier alpha value is -1.93. The first-order valence-corrected chi connectivity index (χ1v) is 10.8. The number of sulfonamides is 1. The Labute approximate surface area is 159 Å². The monoisotopic (exact) mass is 394 g/mol. The van der Waals surface area contributed by atoms with Crippen molar-refractivity contribution in [3.05, 3.63) is 29.3 Å². The molecule has 0 radical (unpaired) electrons. The van der Waals surface area contributed by atoms with Gasteiger partial charge in [0.2, 0.25) is 10.0 Å². The van der Waals surface area contributed by atoms with Crippen molar-refractivity contribution >= 4 is 21.9 Å². The van der Waals surface area contributed by atoms with Gasteiger partial charge in [-0.3, -0.25) is 9.59 Å². The zero-order valence-electron chi connectivity index (χ0n) is 15.7. The molecule has 148 valence electrons. The minimum Gasteiger partial charge on any atom is -0.481 e. The summed E-state index contributed by atoms with van der Waals surface area (Å²) >= 11 is 0. The van der Waals surface area contributed by atoms with Gasteiger partial charge in [0.25, 0.3) is 5.91 Å². The van der Waals surface area contributed by atoms with Crippen LogP contribution in [0, 0.1) is 12.3 Å². The quantitative estimate of drug-likeness (QED) is 0.796. The molecule has 1 saturated heterocycles. The van der Waals surface area contributed by atoms with Crippen LogP contribution in [-0.4, -0.2) is 49.4 Å². The van der Waals surface area contributed by atoms with Gasteiger partial charge in [-0.2, -0.15) is 0 Å². The van der Waals surface area contributed by atoms with Crippen molar-refractivity contribution in [2.24, 2.45) is 5.41 Å². The standard InChI is InChI=1S/C19H26N2O5S/c1-13-7-8-14(17(22)21-10-9-19(2,12-21)18(23)24)11-16(13)27(25,26)20-15-5-3-4-6-15/h7-8,11,15,20H,3-6,9-10,12H2,1-2H3,(H,23,24). The van der Waals surface area contributed by atoms with Crippen LogP contribution < -0.4 is 4.72 Å². The predicted molar refractivity (Wildman–Crippen MR) is 100 cm³/mol. The van der Waals surface area contributed by atoms with E-state index in [-0.39, 0.29) is 29.0 Å². The van der Waals surface area contributed by atoms with Crippen molar-refractivity contribution in [1.82, 2.24) is 9.62 Å². The third kappa shape index (κ3) is 4.01. The molecule has 2 N–H and O–H groups in total. The summed E-state index contributed by atoms with van der Waals surface area (Å²) in [4.78, 5) is 25.8. The largest absolute Gasteiger partial charge is 0.481 e. The van der Waals surface area contributed by atoms with Gasteiger partial charge in [-0.05, 0) is 50.8 Å². The van der Waals surface area contributed by atoms with E-state index in [1.165, 1.54) is 11.0 Å². The number of amides is 1. The molecular formula is C19H26N2O5S. The third-order valence-corrected chi connectivity index (χ3v) is 7.34. The Morgan fingerprint density at radius 2 is 1.93 bits per heavy atom. The molecule has 1 amide bonds. The molecule has 0 spiro atoms. The number of likely N-dealkylation sites (tertiary alicyclic amines) is 1.